The van der Waals surface area contributed by atoms with Crippen molar-refractivity contribution in [3.8, 4) is 0 Å². The highest BCUT2D eigenvalue weighted by Crippen LogP contribution is 2.43. The maximum absolute atomic E-state index is 9.85. The third-order valence-electron chi connectivity index (χ3n) is 3.95. The Kier molecular flexibility index (Phi) is 2.32. The summed E-state index contributed by atoms with van der Waals surface area (Å²) in [5.74, 6) is 0. The molecule has 0 unspecified atom stereocenters. The van der Waals surface area contributed by atoms with Crippen molar-refractivity contribution in [1.82, 2.24) is 4.90 Å². The summed E-state index contributed by atoms with van der Waals surface area (Å²) in [5.41, 5.74) is -1.07. The number of fused-ring (bicyclic) bond motifs is 2. The third-order valence-corrected chi connectivity index (χ3v) is 3.95. The second kappa shape index (κ2) is 3.15. The van der Waals surface area contributed by atoms with Crippen LogP contribution in [0.15, 0.2) is 0 Å². The van der Waals surface area contributed by atoms with Crippen LogP contribution in [0.2, 0.25) is 0 Å². The van der Waals surface area contributed by atoms with E-state index in [0.717, 1.165) is 0 Å². The molecule has 2 aliphatic rings. The van der Waals surface area contributed by atoms with Crippen molar-refractivity contribution in [1.29, 1.82) is 0 Å². The lowest BCUT2D eigenvalue weighted by molar-refractivity contribution is -0.112. The quantitative estimate of drug-likeness (QED) is 0.393. The first-order valence-corrected chi connectivity index (χ1v) is 4.93. The van der Waals surface area contributed by atoms with Crippen molar-refractivity contribution in [3.05, 3.63) is 0 Å². The minimum atomic E-state index is -1.07. The second-order valence-electron chi connectivity index (χ2n) is 4.36. The lowest BCUT2D eigenvalue weighted by Crippen LogP contribution is -2.63. The molecule has 5 atom stereocenters. The van der Waals surface area contributed by atoms with Gasteiger partial charge in [-0.1, -0.05) is 0 Å². The predicted molar refractivity (Wildman–Crippen MR) is 48.6 cm³/mol. The lowest BCUT2D eigenvalue weighted by atomic mass is 9.85. The molecule has 5 heteroatoms. The van der Waals surface area contributed by atoms with Crippen LogP contribution in [-0.2, 0) is 0 Å². The molecule has 0 aromatic carbocycles. The van der Waals surface area contributed by atoms with Gasteiger partial charge < -0.3 is 20.4 Å². The van der Waals surface area contributed by atoms with Crippen molar-refractivity contribution in [2.24, 2.45) is 0 Å². The van der Waals surface area contributed by atoms with Crippen molar-refractivity contribution >= 4 is 0 Å². The molecule has 82 valence electrons. The second-order valence-corrected chi connectivity index (χ2v) is 4.36. The van der Waals surface area contributed by atoms with E-state index in [0.29, 0.717) is 12.8 Å². The first-order valence-electron chi connectivity index (χ1n) is 4.93. The molecule has 2 heterocycles. The van der Waals surface area contributed by atoms with E-state index < -0.39 is 23.9 Å². The van der Waals surface area contributed by atoms with Crippen LogP contribution in [0.3, 0.4) is 0 Å². The van der Waals surface area contributed by atoms with E-state index in [4.69, 9.17) is 0 Å². The molecule has 4 N–H and O–H groups in total. The van der Waals surface area contributed by atoms with Gasteiger partial charge in [-0.05, 0) is 19.9 Å². The molecule has 2 saturated heterocycles. The van der Waals surface area contributed by atoms with Crippen LogP contribution in [0.1, 0.15) is 12.8 Å². The molecule has 2 rings (SSSR count). The molecule has 0 radical (unpaired) electrons. The Morgan fingerprint density at radius 2 is 1.93 bits per heavy atom. The number of aliphatic hydroxyl groups is 4. The Balaban J connectivity index is 2.40. The number of nitrogens with zero attached hydrogens (tertiary/aromatic N) is 1. The van der Waals surface area contributed by atoms with E-state index in [1.165, 1.54) is 0 Å². The predicted octanol–water partition coefficient (Wildman–Crippen LogP) is -2.09. The molecule has 2 aliphatic heterocycles. The SMILES string of the molecule is CN1[C@H]2CC[C@@H](O)[C@]1(CO)[C@H](O)[C@H]2O. The summed E-state index contributed by atoms with van der Waals surface area (Å²) in [6.45, 7) is -0.334. The first-order chi connectivity index (χ1) is 6.55. The van der Waals surface area contributed by atoms with Gasteiger partial charge in [-0.15, -0.1) is 0 Å². The topological polar surface area (TPSA) is 84.2 Å². The molecule has 14 heavy (non-hydrogen) atoms. The van der Waals surface area contributed by atoms with Crippen molar-refractivity contribution < 1.29 is 20.4 Å². The van der Waals surface area contributed by atoms with Crippen molar-refractivity contribution in [3.63, 3.8) is 0 Å². The summed E-state index contributed by atoms with van der Waals surface area (Å²) in [7, 11) is 1.72. The first kappa shape index (κ1) is 10.3. The Hall–Kier alpha value is -0.200. The average molecular weight is 203 g/mol. The average Bonchev–Trinajstić information content (AvgIpc) is 2.28. The summed E-state index contributed by atoms with van der Waals surface area (Å²) in [6, 6.07) is -0.152. The molecule has 0 aromatic rings. The Bertz CT molecular complexity index is 231. The standard InChI is InChI=1S/C9H17NO4/c1-10-5-2-3-6(12)9(10,4-11)8(14)7(5)13/h5-8,11-14H,2-4H2,1H3/t5-,6+,7-,8+,9+/m0/s1. The van der Waals surface area contributed by atoms with Crippen LogP contribution >= 0.6 is 0 Å². The zero-order valence-electron chi connectivity index (χ0n) is 8.17. The maximum atomic E-state index is 9.85. The summed E-state index contributed by atoms with van der Waals surface area (Å²) < 4.78 is 0. The van der Waals surface area contributed by atoms with Crippen LogP contribution in [0, 0.1) is 0 Å². The summed E-state index contributed by atoms with van der Waals surface area (Å²) in [4.78, 5) is 1.72. The van der Waals surface area contributed by atoms with Crippen molar-refractivity contribution in [2.45, 2.75) is 42.7 Å². The van der Waals surface area contributed by atoms with Gasteiger partial charge in [0.1, 0.15) is 6.10 Å². The number of aliphatic hydroxyl groups excluding tert-OH is 4. The smallest absolute Gasteiger partial charge is 0.105 e. The largest absolute Gasteiger partial charge is 0.394 e. The molecule has 0 spiro atoms. The minimum absolute atomic E-state index is 0.152. The Morgan fingerprint density at radius 1 is 1.29 bits per heavy atom. The van der Waals surface area contributed by atoms with Crippen LogP contribution in [0.25, 0.3) is 0 Å². The zero-order chi connectivity index (χ0) is 10.5. The number of piperidine rings is 1. The highest BCUT2D eigenvalue weighted by molar-refractivity contribution is 5.16. The van der Waals surface area contributed by atoms with Crippen LogP contribution in [0.5, 0.6) is 0 Å². The van der Waals surface area contributed by atoms with Crippen LogP contribution in [-0.4, -0.2) is 68.9 Å². The van der Waals surface area contributed by atoms with Crippen molar-refractivity contribution in [2.75, 3.05) is 13.7 Å². The normalized spacial score (nSPS) is 53.8. The van der Waals surface area contributed by atoms with Gasteiger partial charge in [0.15, 0.2) is 0 Å². The van der Waals surface area contributed by atoms with E-state index in [-0.39, 0.29) is 12.6 Å². The van der Waals surface area contributed by atoms with E-state index in [1.54, 1.807) is 11.9 Å². The molecule has 0 aliphatic carbocycles. The molecular formula is C9H17NO4. The highest BCUT2D eigenvalue weighted by atomic mass is 16.3. The van der Waals surface area contributed by atoms with E-state index in [1.807, 2.05) is 0 Å². The minimum Gasteiger partial charge on any atom is -0.394 e. The summed E-state index contributed by atoms with van der Waals surface area (Å²) >= 11 is 0. The monoisotopic (exact) mass is 203 g/mol. The molecule has 0 saturated carbocycles. The Labute approximate surface area is 82.6 Å². The number of hydrogen-bond donors (Lipinski definition) is 4. The van der Waals surface area contributed by atoms with Gasteiger partial charge >= 0.3 is 0 Å². The van der Waals surface area contributed by atoms with Gasteiger partial charge in [0, 0.05) is 6.04 Å². The fourth-order valence-electron chi connectivity index (χ4n) is 2.94. The summed E-state index contributed by atoms with van der Waals surface area (Å²) in [5, 5.41) is 38.7. The van der Waals surface area contributed by atoms with Gasteiger partial charge in [0.25, 0.3) is 0 Å². The number of hydrogen-bond acceptors (Lipinski definition) is 5. The van der Waals surface area contributed by atoms with Gasteiger partial charge in [-0.3, -0.25) is 4.90 Å². The lowest BCUT2D eigenvalue weighted by Gasteiger charge is -2.45. The fourth-order valence-corrected chi connectivity index (χ4v) is 2.94. The van der Waals surface area contributed by atoms with Gasteiger partial charge in [0.2, 0.25) is 0 Å². The van der Waals surface area contributed by atoms with Gasteiger partial charge in [0.05, 0.1) is 24.4 Å². The Morgan fingerprint density at radius 3 is 2.43 bits per heavy atom. The zero-order valence-corrected chi connectivity index (χ0v) is 8.17. The van der Waals surface area contributed by atoms with Crippen LogP contribution in [0.4, 0.5) is 0 Å². The maximum Gasteiger partial charge on any atom is 0.105 e. The number of rotatable bonds is 1. The molecule has 2 fully saturated rings. The molecular weight excluding hydrogens is 186 g/mol. The van der Waals surface area contributed by atoms with E-state index in [9.17, 15) is 20.4 Å². The van der Waals surface area contributed by atoms with Gasteiger partial charge in [-0.25, -0.2) is 0 Å². The number of likely N-dealkylation sites (N-methyl/N-ethyl adjacent to an activating group) is 1. The van der Waals surface area contributed by atoms with Crippen LogP contribution < -0.4 is 0 Å². The molecule has 0 aromatic heterocycles. The molecule has 2 bridgehead atoms. The molecule has 0 amide bonds. The van der Waals surface area contributed by atoms with Gasteiger partial charge in [-0.2, -0.15) is 0 Å². The third kappa shape index (κ3) is 0.963. The highest BCUT2D eigenvalue weighted by Gasteiger charge is 2.62. The fraction of sp³-hybridized carbons (Fsp3) is 1.00. The molecule has 5 nitrogen and oxygen atoms in total. The summed E-state index contributed by atoms with van der Waals surface area (Å²) in [6.07, 6.45) is -1.55. The van der Waals surface area contributed by atoms with E-state index in [2.05, 4.69) is 0 Å². The van der Waals surface area contributed by atoms with E-state index >= 15 is 0 Å².